The number of guanidine groups is 1. The van der Waals surface area contributed by atoms with E-state index in [1.54, 1.807) is 0 Å². The minimum Gasteiger partial charge on any atom is -0.357 e. The third kappa shape index (κ3) is 6.11. The van der Waals surface area contributed by atoms with Gasteiger partial charge in [0.1, 0.15) is 0 Å². The highest BCUT2D eigenvalue weighted by atomic mass is 127. The van der Waals surface area contributed by atoms with E-state index >= 15 is 0 Å². The third-order valence-electron chi connectivity index (χ3n) is 5.26. The number of nitrogens with zero attached hydrogens (tertiary/aromatic N) is 4. The van der Waals surface area contributed by atoms with E-state index in [0.717, 1.165) is 37.7 Å². The van der Waals surface area contributed by atoms with Gasteiger partial charge in [-0.25, -0.2) is 0 Å². The van der Waals surface area contributed by atoms with Crippen LogP contribution >= 0.6 is 24.0 Å². The summed E-state index contributed by atoms with van der Waals surface area (Å²) in [5.74, 6) is 0.928. The Morgan fingerprint density at radius 1 is 1.35 bits per heavy atom. The molecule has 0 bridgehead atoms. The van der Waals surface area contributed by atoms with Gasteiger partial charge < -0.3 is 10.6 Å². The summed E-state index contributed by atoms with van der Waals surface area (Å²) in [6.07, 6.45) is 3.52. The first kappa shape index (κ1) is 23.2. The molecule has 2 N–H and O–H groups in total. The van der Waals surface area contributed by atoms with E-state index in [2.05, 4.69) is 55.3 Å². The Bertz CT molecular complexity index is 583. The Hall–Kier alpha value is -0.830. The number of aromatic nitrogens is 2. The van der Waals surface area contributed by atoms with Gasteiger partial charge in [-0.15, -0.1) is 24.0 Å². The average Bonchev–Trinajstić information content (AvgIpc) is 3.12. The molecule has 2 heterocycles. The highest BCUT2D eigenvalue weighted by Gasteiger charge is 2.22. The molecule has 26 heavy (non-hydrogen) atoms. The van der Waals surface area contributed by atoms with E-state index in [-0.39, 0.29) is 24.0 Å². The van der Waals surface area contributed by atoms with Crippen molar-refractivity contribution in [3.8, 4) is 0 Å². The predicted molar refractivity (Wildman–Crippen MR) is 121 cm³/mol. The van der Waals surface area contributed by atoms with Gasteiger partial charge in [-0.3, -0.25) is 14.6 Å². The first-order chi connectivity index (χ1) is 12.0. The smallest absolute Gasteiger partial charge is 0.191 e. The van der Waals surface area contributed by atoms with Gasteiger partial charge >= 0.3 is 0 Å². The highest BCUT2D eigenvalue weighted by Crippen LogP contribution is 2.17. The summed E-state index contributed by atoms with van der Waals surface area (Å²) in [7, 11) is 2.01. The van der Waals surface area contributed by atoms with Gasteiger partial charge in [0, 0.05) is 31.4 Å². The Labute approximate surface area is 176 Å². The second-order valence-electron chi connectivity index (χ2n) is 7.17. The second-order valence-corrected chi connectivity index (χ2v) is 7.17. The summed E-state index contributed by atoms with van der Waals surface area (Å²) in [4.78, 5) is 7.40. The van der Waals surface area contributed by atoms with Crippen LogP contribution in [0.3, 0.4) is 0 Å². The molecular formula is C19H37IN6. The van der Waals surface area contributed by atoms with E-state index < -0.39 is 0 Å². The lowest BCUT2D eigenvalue weighted by molar-refractivity contribution is 0.273. The second kappa shape index (κ2) is 11.1. The molecule has 1 aliphatic heterocycles. The summed E-state index contributed by atoms with van der Waals surface area (Å²) in [5, 5.41) is 11.5. The molecule has 0 aliphatic carbocycles. The van der Waals surface area contributed by atoms with E-state index in [9.17, 15) is 0 Å². The fourth-order valence-electron chi connectivity index (χ4n) is 3.74. The van der Waals surface area contributed by atoms with E-state index in [4.69, 9.17) is 4.99 Å². The maximum absolute atomic E-state index is 4.86. The van der Waals surface area contributed by atoms with Crippen LogP contribution in [0, 0.1) is 13.8 Å². The predicted octanol–water partition coefficient (Wildman–Crippen LogP) is 2.63. The lowest BCUT2D eigenvalue weighted by Crippen LogP contribution is -2.44. The number of nitrogens with one attached hydrogen (secondary N) is 2. The van der Waals surface area contributed by atoms with Crippen molar-refractivity contribution >= 4 is 29.9 Å². The first-order valence-electron chi connectivity index (χ1n) is 9.74. The summed E-state index contributed by atoms with van der Waals surface area (Å²) >= 11 is 0. The number of hydrogen-bond donors (Lipinski definition) is 2. The molecule has 7 heteroatoms. The molecule has 1 aliphatic rings. The Kier molecular flexibility index (Phi) is 9.92. The zero-order valence-electron chi connectivity index (χ0n) is 17.3. The first-order valence-corrected chi connectivity index (χ1v) is 9.74. The van der Waals surface area contributed by atoms with Gasteiger partial charge in [0.2, 0.25) is 0 Å². The van der Waals surface area contributed by atoms with Crippen LogP contribution in [-0.4, -0.2) is 58.9 Å². The number of aliphatic imine (C=N–C) groups is 1. The average molecular weight is 476 g/mol. The van der Waals surface area contributed by atoms with Gasteiger partial charge in [0.05, 0.1) is 12.2 Å². The monoisotopic (exact) mass is 476 g/mol. The Morgan fingerprint density at radius 2 is 2.08 bits per heavy atom. The zero-order valence-corrected chi connectivity index (χ0v) is 19.6. The number of hydrogen-bond acceptors (Lipinski definition) is 3. The topological polar surface area (TPSA) is 57.5 Å². The van der Waals surface area contributed by atoms with Crippen LogP contribution in [-0.2, 0) is 13.5 Å². The van der Waals surface area contributed by atoms with Crippen molar-refractivity contribution in [2.24, 2.45) is 12.0 Å². The number of likely N-dealkylation sites (N-methyl/N-ethyl adjacent to an activating group) is 1. The fraction of sp³-hybridized carbons (Fsp3) is 0.789. The molecule has 2 rings (SSSR count). The molecule has 2 unspecified atom stereocenters. The zero-order chi connectivity index (χ0) is 18.4. The largest absolute Gasteiger partial charge is 0.357 e. The lowest BCUT2D eigenvalue weighted by Gasteiger charge is -2.22. The normalized spacial score (nSPS) is 19.3. The summed E-state index contributed by atoms with van der Waals surface area (Å²) in [6, 6.07) is 0.906. The SMILES string of the molecule is CCNC(=NCC1CCCN1CC)NC(C)Cc1c(C)nn(C)c1C.I. The summed E-state index contributed by atoms with van der Waals surface area (Å²) in [5.41, 5.74) is 3.71. The molecule has 1 fully saturated rings. The standard InChI is InChI=1S/C19H36N6.HI/c1-7-20-19(21-13-17-10-9-11-25(17)8-2)22-14(3)12-18-15(4)23-24(6)16(18)5;/h14,17H,7-13H2,1-6H3,(H2,20,21,22);1H. The Balaban J connectivity index is 0.00000338. The Morgan fingerprint density at radius 3 is 2.65 bits per heavy atom. The van der Waals surface area contributed by atoms with E-state index in [1.807, 2.05) is 11.7 Å². The molecule has 1 aromatic rings. The number of halogens is 1. The van der Waals surface area contributed by atoms with Crippen molar-refractivity contribution < 1.29 is 0 Å². The molecule has 0 radical (unpaired) electrons. The van der Waals surface area contributed by atoms with Crippen molar-refractivity contribution in [1.29, 1.82) is 0 Å². The number of rotatable bonds is 7. The molecule has 0 aromatic carbocycles. The van der Waals surface area contributed by atoms with Crippen LogP contribution in [0.4, 0.5) is 0 Å². The van der Waals surface area contributed by atoms with Crippen LogP contribution in [0.25, 0.3) is 0 Å². The van der Waals surface area contributed by atoms with Crippen LogP contribution < -0.4 is 10.6 Å². The molecule has 2 atom stereocenters. The van der Waals surface area contributed by atoms with Gasteiger partial charge in [-0.2, -0.15) is 5.10 Å². The molecular weight excluding hydrogens is 439 g/mol. The van der Waals surface area contributed by atoms with E-state index in [1.165, 1.54) is 30.6 Å². The van der Waals surface area contributed by atoms with E-state index in [0.29, 0.717) is 12.1 Å². The summed E-state index contributed by atoms with van der Waals surface area (Å²) < 4.78 is 1.97. The van der Waals surface area contributed by atoms with Crippen molar-refractivity contribution in [2.45, 2.75) is 66.0 Å². The molecule has 6 nitrogen and oxygen atoms in total. The third-order valence-corrected chi connectivity index (χ3v) is 5.26. The summed E-state index contributed by atoms with van der Waals surface area (Å²) in [6.45, 7) is 14.9. The minimum absolute atomic E-state index is 0. The number of likely N-dealkylation sites (tertiary alicyclic amines) is 1. The molecule has 1 aromatic heterocycles. The van der Waals surface area contributed by atoms with Crippen LogP contribution in [0.1, 0.15) is 50.6 Å². The quantitative estimate of drug-likeness (QED) is 0.361. The molecule has 150 valence electrons. The van der Waals surface area contributed by atoms with Crippen LogP contribution in [0.2, 0.25) is 0 Å². The van der Waals surface area contributed by atoms with Gasteiger partial charge in [0.15, 0.2) is 5.96 Å². The maximum atomic E-state index is 4.86. The van der Waals surface area contributed by atoms with Crippen molar-refractivity contribution in [2.75, 3.05) is 26.2 Å². The highest BCUT2D eigenvalue weighted by molar-refractivity contribution is 14.0. The number of aryl methyl sites for hydroxylation is 2. The van der Waals surface area contributed by atoms with Gasteiger partial charge in [-0.05, 0) is 65.6 Å². The van der Waals surface area contributed by atoms with Crippen LogP contribution in [0.15, 0.2) is 4.99 Å². The van der Waals surface area contributed by atoms with Gasteiger partial charge in [-0.1, -0.05) is 6.92 Å². The lowest BCUT2D eigenvalue weighted by atomic mass is 10.1. The molecule has 0 amide bonds. The minimum atomic E-state index is 0. The molecule has 1 saturated heterocycles. The van der Waals surface area contributed by atoms with Crippen LogP contribution in [0.5, 0.6) is 0 Å². The van der Waals surface area contributed by atoms with Gasteiger partial charge in [0.25, 0.3) is 0 Å². The van der Waals surface area contributed by atoms with Crippen molar-refractivity contribution in [3.05, 3.63) is 17.0 Å². The van der Waals surface area contributed by atoms with Crippen molar-refractivity contribution in [1.82, 2.24) is 25.3 Å². The molecule has 0 spiro atoms. The maximum Gasteiger partial charge on any atom is 0.191 e. The van der Waals surface area contributed by atoms with Crippen molar-refractivity contribution in [3.63, 3.8) is 0 Å². The molecule has 0 saturated carbocycles. The fourth-order valence-corrected chi connectivity index (χ4v) is 3.74.